The van der Waals surface area contributed by atoms with Crippen LogP contribution in [0.2, 0.25) is 0 Å². The van der Waals surface area contributed by atoms with Gasteiger partial charge >= 0.3 is 0 Å². The van der Waals surface area contributed by atoms with Gasteiger partial charge in [-0.2, -0.15) is 0 Å². The molecule has 1 aromatic carbocycles. The molecular weight excluding hydrogens is 408 g/mol. The summed E-state index contributed by atoms with van der Waals surface area (Å²) in [5.41, 5.74) is 0.540. The van der Waals surface area contributed by atoms with Gasteiger partial charge in [-0.3, -0.25) is 4.79 Å². The van der Waals surface area contributed by atoms with Crippen molar-refractivity contribution in [3.05, 3.63) is 36.2 Å². The van der Waals surface area contributed by atoms with E-state index in [0.29, 0.717) is 37.1 Å². The van der Waals surface area contributed by atoms with Crippen LogP contribution >= 0.6 is 0 Å². The van der Waals surface area contributed by atoms with Crippen LogP contribution in [0.4, 0.5) is 17.3 Å². The second-order valence-electron chi connectivity index (χ2n) is 6.79. The maximum absolute atomic E-state index is 12.4. The molecule has 1 amide bonds. The van der Waals surface area contributed by atoms with Crippen LogP contribution in [0, 0.1) is 6.92 Å². The molecule has 3 rings (SSSR count). The van der Waals surface area contributed by atoms with Gasteiger partial charge in [-0.25, -0.2) is 23.1 Å². The highest BCUT2D eigenvalue weighted by Crippen LogP contribution is 2.17. The molecule has 1 aliphatic heterocycles. The third kappa shape index (κ3) is 6.12. The number of carbonyl (C=O) groups is 1. The van der Waals surface area contributed by atoms with Crippen molar-refractivity contribution in [3.63, 3.8) is 0 Å². The third-order valence-electron chi connectivity index (χ3n) is 4.37. The molecular formula is C19H26N6O4S. The SMILES string of the molecule is CC(=O)Nc1ccc(S(=O)(=O)NCCNc2cc(N3CCOCC3)nc(C)n2)cc1. The summed E-state index contributed by atoms with van der Waals surface area (Å²) in [6, 6.07) is 7.84. The Balaban J connectivity index is 1.53. The summed E-state index contributed by atoms with van der Waals surface area (Å²) in [6.07, 6.45) is 0. The van der Waals surface area contributed by atoms with Crippen molar-refractivity contribution in [2.24, 2.45) is 0 Å². The molecule has 0 unspecified atom stereocenters. The van der Waals surface area contributed by atoms with Crippen molar-refractivity contribution >= 4 is 33.3 Å². The first-order valence-corrected chi connectivity index (χ1v) is 11.1. The fraction of sp³-hybridized carbons (Fsp3) is 0.421. The van der Waals surface area contributed by atoms with Crippen molar-refractivity contribution < 1.29 is 17.9 Å². The van der Waals surface area contributed by atoms with E-state index in [1.165, 1.54) is 19.1 Å². The highest BCUT2D eigenvalue weighted by Gasteiger charge is 2.15. The molecule has 0 spiro atoms. The topological polar surface area (TPSA) is 126 Å². The van der Waals surface area contributed by atoms with E-state index in [1.54, 1.807) is 12.1 Å². The smallest absolute Gasteiger partial charge is 0.240 e. The van der Waals surface area contributed by atoms with E-state index < -0.39 is 10.0 Å². The Morgan fingerprint density at radius 1 is 1.13 bits per heavy atom. The van der Waals surface area contributed by atoms with Crippen LogP contribution in [0.15, 0.2) is 35.2 Å². The monoisotopic (exact) mass is 434 g/mol. The van der Waals surface area contributed by atoms with Crippen molar-refractivity contribution in [1.82, 2.24) is 14.7 Å². The summed E-state index contributed by atoms with van der Waals surface area (Å²) in [7, 11) is -3.65. The van der Waals surface area contributed by atoms with Gasteiger partial charge in [0.05, 0.1) is 18.1 Å². The summed E-state index contributed by atoms with van der Waals surface area (Å²) in [5.74, 6) is 1.89. The fourth-order valence-corrected chi connectivity index (χ4v) is 4.01. The molecule has 30 heavy (non-hydrogen) atoms. The molecule has 0 radical (unpaired) electrons. The summed E-state index contributed by atoms with van der Waals surface area (Å²) < 4.78 is 32.8. The Labute approximate surface area is 176 Å². The lowest BCUT2D eigenvalue weighted by Crippen LogP contribution is -2.37. The standard InChI is InChI=1S/C19H26N6O4S/c1-14-22-18(13-19(23-14)25-9-11-29-12-10-25)20-7-8-21-30(27,28)17-5-3-16(4-6-17)24-15(2)26/h3-6,13,21H,7-12H2,1-2H3,(H,24,26)(H,20,22,23). The number of rotatable bonds is 8. The van der Waals surface area contributed by atoms with Crippen molar-refractivity contribution in [3.8, 4) is 0 Å². The number of benzene rings is 1. The zero-order chi connectivity index (χ0) is 21.6. The first-order valence-electron chi connectivity index (χ1n) is 9.63. The lowest BCUT2D eigenvalue weighted by atomic mass is 10.3. The molecule has 0 atom stereocenters. The Hall–Kier alpha value is -2.76. The minimum absolute atomic E-state index is 0.129. The number of aromatic nitrogens is 2. The molecule has 2 heterocycles. The molecule has 162 valence electrons. The van der Waals surface area contributed by atoms with Gasteiger partial charge in [-0.15, -0.1) is 0 Å². The minimum atomic E-state index is -3.65. The van der Waals surface area contributed by atoms with E-state index in [4.69, 9.17) is 4.74 Å². The number of carbonyl (C=O) groups excluding carboxylic acids is 1. The highest BCUT2D eigenvalue weighted by atomic mass is 32.2. The Bertz CT molecular complexity index is 975. The van der Waals surface area contributed by atoms with Crippen LogP contribution in [0.1, 0.15) is 12.7 Å². The summed E-state index contributed by atoms with van der Waals surface area (Å²) >= 11 is 0. The zero-order valence-corrected chi connectivity index (χ0v) is 17.8. The third-order valence-corrected chi connectivity index (χ3v) is 5.84. The van der Waals surface area contributed by atoms with Crippen molar-refractivity contribution in [2.75, 3.05) is 54.9 Å². The average Bonchev–Trinajstić information content (AvgIpc) is 2.71. The van der Waals surface area contributed by atoms with Crippen LogP contribution in [0.5, 0.6) is 0 Å². The number of amides is 1. The van der Waals surface area contributed by atoms with Gasteiger partial charge in [0.2, 0.25) is 15.9 Å². The molecule has 3 N–H and O–H groups in total. The second-order valence-corrected chi connectivity index (χ2v) is 8.56. The number of anilines is 3. The number of hydrogen-bond donors (Lipinski definition) is 3. The number of morpholine rings is 1. The van der Waals surface area contributed by atoms with Gasteiger partial charge < -0.3 is 20.3 Å². The Morgan fingerprint density at radius 2 is 1.83 bits per heavy atom. The van der Waals surface area contributed by atoms with E-state index in [9.17, 15) is 13.2 Å². The molecule has 1 aliphatic rings. The van der Waals surface area contributed by atoms with E-state index in [-0.39, 0.29) is 17.3 Å². The van der Waals surface area contributed by atoms with Gasteiger partial charge in [0.25, 0.3) is 0 Å². The van der Waals surface area contributed by atoms with Gasteiger partial charge in [0, 0.05) is 44.9 Å². The summed E-state index contributed by atoms with van der Waals surface area (Å²) in [4.78, 5) is 22.2. The largest absolute Gasteiger partial charge is 0.378 e. The molecule has 2 aromatic rings. The number of nitrogens with one attached hydrogen (secondary N) is 3. The predicted octanol–water partition coefficient (Wildman–Crippen LogP) is 0.970. The lowest BCUT2D eigenvalue weighted by Gasteiger charge is -2.28. The quantitative estimate of drug-likeness (QED) is 0.525. The van der Waals surface area contributed by atoms with Crippen molar-refractivity contribution in [1.29, 1.82) is 0 Å². The van der Waals surface area contributed by atoms with Crippen LogP contribution in [-0.2, 0) is 19.6 Å². The molecule has 0 bridgehead atoms. The van der Waals surface area contributed by atoms with Crippen LogP contribution in [0.3, 0.4) is 0 Å². The van der Waals surface area contributed by atoms with E-state index in [0.717, 1.165) is 18.9 Å². The number of sulfonamides is 1. The van der Waals surface area contributed by atoms with Gasteiger partial charge in [0.1, 0.15) is 17.5 Å². The first kappa shape index (κ1) is 21.9. The highest BCUT2D eigenvalue weighted by molar-refractivity contribution is 7.89. The first-order chi connectivity index (χ1) is 14.3. The molecule has 1 fully saturated rings. The molecule has 0 aliphatic carbocycles. The van der Waals surface area contributed by atoms with E-state index in [2.05, 4.69) is 30.2 Å². The van der Waals surface area contributed by atoms with Crippen molar-refractivity contribution in [2.45, 2.75) is 18.7 Å². The predicted molar refractivity (Wildman–Crippen MR) is 114 cm³/mol. The fourth-order valence-electron chi connectivity index (χ4n) is 2.98. The zero-order valence-electron chi connectivity index (χ0n) is 17.0. The molecule has 1 aromatic heterocycles. The normalized spacial score (nSPS) is 14.4. The van der Waals surface area contributed by atoms with E-state index in [1.807, 2.05) is 13.0 Å². The molecule has 1 saturated heterocycles. The van der Waals surface area contributed by atoms with Gasteiger partial charge in [-0.1, -0.05) is 0 Å². The maximum Gasteiger partial charge on any atom is 0.240 e. The Kier molecular flexibility index (Phi) is 7.19. The van der Waals surface area contributed by atoms with Gasteiger partial charge in [-0.05, 0) is 31.2 Å². The number of hydrogen-bond acceptors (Lipinski definition) is 8. The Morgan fingerprint density at radius 3 is 2.50 bits per heavy atom. The lowest BCUT2D eigenvalue weighted by molar-refractivity contribution is -0.114. The molecule has 11 heteroatoms. The number of aryl methyl sites for hydroxylation is 1. The second kappa shape index (κ2) is 9.83. The van der Waals surface area contributed by atoms with Gasteiger partial charge in [0.15, 0.2) is 0 Å². The minimum Gasteiger partial charge on any atom is -0.378 e. The van der Waals surface area contributed by atoms with Crippen LogP contribution in [-0.4, -0.2) is 63.7 Å². The number of nitrogens with zero attached hydrogens (tertiary/aromatic N) is 3. The summed E-state index contributed by atoms with van der Waals surface area (Å²) in [5, 5.41) is 5.74. The molecule has 10 nitrogen and oxygen atoms in total. The summed E-state index contributed by atoms with van der Waals surface area (Å²) in [6.45, 7) is 6.64. The van der Waals surface area contributed by atoms with Crippen LogP contribution < -0.4 is 20.3 Å². The average molecular weight is 435 g/mol. The number of ether oxygens (including phenoxy) is 1. The van der Waals surface area contributed by atoms with E-state index >= 15 is 0 Å². The molecule has 0 saturated carbocycles. The maximum atomic E-state index is 12.4. The van der Waals surface area contributed by atoms with Crippen LogP contribution in [0.25, 0.3) is 0 Å².